The van der Waals surface area contributed by atoms with E-state index in [2.05, 4.69) is 104 Å². The SMILES string of the molecule is CCCCc1cccc(CCCC)c1-c1cnn(-c2cccc(Oc3ccc4c5ccccc5n(-c5cc(C)ccn5)c4c3)c2)c1. The van der Waals surface area contributed by atoms with Crippen molar-refractivity contribution in [2.45, 2.75) is 59.3 Å². The highest BCUT2D eigenvalue weighted by Crippen LogP contribution is 2.36. The van der Waals surface area contributed by atoms with Crippen molar-refractivity contribution in [3.8, 4) is 34.1 Å². The minimum Gasteiger partial charge on any atom is -0.457 e. The van der Waals surface area contributed by atoms with Crippen molar-refractivity contribution in [3.63, 3.8) is 0 Å². The molecule has 0 aliphatic carbocycles. The molecule has 0 saturated heterocycles. The van der Waals surface area contributed by atoms with Gasteiger partial charge in [0.25, 0.3) is 0 Å². The van der Waals surface area contributed by atoms with Crippen LogP contribution in [0, 0.1) is 6.92 Å². The van der Waals surface area contributed by atoms with Crippen LogP contribution in [0.2, 0.25) is 0 Å². The number of pyridine rings is 1. The second-order valence-electron chi connectivity index (χ2n) is 12.2. The molecule has 46 heavy (non-hydrogen) atoms. The number of hydrogen-bond donors (Lipinski definition) is 0. The van der Waals surface area contributed by atoms with Gasteiger partial charge in [-0.05, 0) is 97.3 Å². The molecule has 0 aliphatic heterocycles. The lowest BCUT2D eigenvalue weighted by Gasteiger charge is -2.14. The third-order valence-electron chi connectivity index (χ3n) is 8.80. The molecule has 0 unspecified atom stereocenters. The highest BCUT2D eigenvalue weighted by Gasteiger charge is 2.16. The maximum atomic E-state index is 6.50. The number of hydrogen-bond acceptors (Lipinski definition) is 3. The Kier molecular flexibility index (Phi) is 8.39. The molecule has 0 bridgehead atoms. The number of unbranched alkanes of at least 4 members (excludes halogenated alkanes) is 2. The summed E-state index contributed by atoms with van der Waals surface area (Å²) in [7, 11) is 0. The predicted octanol–water partition coefficient (Wildman–Crippen LogP) is 10.8. The molecule has 5 heteroatoms. The van der Waals surface area contributed by atoms with E-state index in [1.54, 1.807) is 0 Å². The lowest BCUT2D eigenvalue weighted by molar-refractivity contribution is 0.483. The number of aromatic nitrogens is 4. The molecule has 7 rings (SSSR count). The summed E-state index contributed by atoms with van der Waals surface area (Å²) in [6.07, 6.45) is 13.0. The van der Waals surface area contributed by atoms with Gasteiger partial charge in [0.05, 0.1) is 22.9 Å². The van der Waals surface area contributed by atoms with E-state index in [0.29, 0.717) is 0 Å². The highest BCUT2D eigenvalue weighted by atomic mass is 16.5. The Bertz CT molecular complexity index is 2110. The topological polar surface area (TPSA) is 44.9 Å². The van der Waals surface area contributed by atoms with Gasteiger partial charge < -0.3 is 4.74 Å². The second-order valence-corrected chi connectivity index (χ2v) is 12.2. The Balaban J connectivity index is 1.22. The first-order valence-corrected chi connectivity index (χ1v) is 16.5. The van der Waals surface area contributed by atoms with E-state index < -0.39 is 0 Å². The van der Waals surface area contributed by atoms with Gasteiger partial charge in [-0.15, -0.1) is 0 Å². The third-order valence-corrected chi connectivity index (χ3v) is 8.80. The molecule has 230 valence electrons. The Morgan fingerprint density at radius 1 is 0.696 bits per heavy atom. The van der Waals surface area contributed by atoms with E-state index in [4.69, 9.17) is 14.8 Å². The van der Waals surface area contributed by atoms with Gasteiger partial charge in [0.2, 0.25) is 0 Å². The molecular formula is C41H40N4O. The fourth-order valence-electron chi connectivity index (χ4n) is 6.50. The number of aryl methyl sites for hydroxylation is 3. The fourth-order valence-corrected chi connectivity index (χ4v) is 6.50. The van der Waals surface area contributed by atoms with Crippen molar-refractivity contribution in [2.24, 2.45) is 0 Å². The molecule has 0 radical (unpaired) electrons. The minimum atomic E-state index is 0.761. The van der Waals surface area contributed by atoms with E-state index >= 15 is 0 Å². The van der Waals surface area contributed by atoms with E-state index in [9.17, 15) is 0 Å². The standard InChI is InChI=1S/C41H40N4O/c1-4-6-12-30-14-10-15-31(13-7-5-2)41(30)32-27-43-44(28-32)33-16-11-17-34(25-33)46-35-20-21-37-36-18-8-9-19-38(36)45(39(37)26-35)40-24-29(3)22-23-42-40/h8-11,14-28H,4-7,12-13H2,1-3H3. The number of benzene rings is 4. The van der Waals surface area contributed by atoms with Crippen LogP contribution in [0.25, 0.3) is 44.4 Å². The van der Waals surface area contributed by atoms with Crippen LogP contribution < -0.4 is 4.74 Å². The van der Waals surface area contributed by atoms with Gasteiger partial charge in [-0.1, -0.05) is 69.2 Å². The number of para-hydroxylation sites is 1. The van der Waals surface area contributed by atoms with Crippen LogP contribution in [0.4, 0.5) is 0 Å². The van der Waals surface area contributed by atoms with Crippen molar-refractivity contribution in [1.29, 1.82) is 0 Å². The highest BCUT2D eigenvalue weighted by molar-refractivity contribution is 6.09. The van der Waals surface area contributed by atoms with E-state index in [1.165, 1.54) is 64.3 Å². The van der Waals surface area contributed by atoms with Crippen LogP contribution in [0.5, 0.6) is 11.5 Å². The van der Waals surface area contributed by atoms with Crippen molar-refractivity contribution in [2.75, 3.05) is 0 Å². The Morgan fingerprint density at radius 2 is 1.43 bits per heavy atom. The van der Waals surface area contributed by atoms with Gasteiger partial charge in [0.1, 0.15) is 17.3 Å². The van der Waals surface area contributed by atoms with Crippen LogP contribution in [-0.2, 0) is 12.8 Å². The summed E-state index contributed by atoms with van der Waals surface area (Å²) in [5.74, 6) is 2.43. The Morgan fingerprint density at radius 3 is 2.22 bits per heavy atom. The van der Waals surface area contributed by atoms with Gasteiger partial charge in [-0.25, -0.2) is 9.67 Å². The molecule has 0 aliphatic rings. The summed E-state index contributed by atoms with van der Waals surface area (Å²) in [5.41, 5.74) is 9.68. The largest absolute Gasteiger partial charge is 0.457 e. The Labute approximate surface area is 271 Å². The number of fused-ring (bicyclic) bond motifs is 3. The van der Waals surface area contributed by atoms with Gasteiger partial charge in [-0.2, -0.15) is 5.10 Å². The number of rotatable bonds is 11. The Hall–Kier alpha value is -5.16. The minimum absolute atomic E-state index is 0.761. The van der Waals surface area contributed by atoms with E-state index in [0.717, 1.165) is 46.9 Å². The summed E-state index contributed by atoms with van der Waals surface area (Å²) < 4.78 is 10.7. The molecule has 0 atom stereocenters. The second kappa shape index (κ2) is 13.1. The van der Waals surface area contributed by atoms with Crippen LogP contribution in [0.1, 0.15) is 56.2 Å². The normalized spacial score (nSPS) is 11.5. The van der Waals surface area contributed by atoms with E-state index in [-0.39, 0.29) is 0 Å². The van der Waals surface area contributed by atoms with Crippen molar-refractivity contribution in [1.82, 2.24) is 19.3 Å². The quantitative estimate of drug-likeness (QED) is 0.148. The maximum Gasteiger partial charge on any atom is 0.137 e. The van der Waals surface area contributed by atoms with Crippen molar-refractivity contribution in [3.05, 3.63) is 132 Å². The molecule has 5 nitrogen and oxygen atoms in total. The third kappa shape index (κ3) is 5.81. The zero-order chi connectivity index (χ0) is 31.5. The number of nitrogens with zero attached hydrogens (tertiary/aromatic N) is 4. The monoisotopic (exact) mass is 604 g/mol. The average molecular weight is 605 g/mol. The van der Waals surface area contributed by atoms with Gasteiger partial charge >= 0.3 is 0 Å². The van der Waals surface area contributed by atoms with Crippen LogP contribution in [0.3, 0.4) is 0 Å². The predicted molar refractivity (Wildman–Crippen MR) is 190 cm³/mol. The van der Waals surface area contributed by atoms with Crippen LogP contribution in [0.15, 0.2) is 116 Å². The molecule has 3 aromatic heterocycles. The molecular weight excluding hydrogens is 564 g/mol. The van der Waals surface area contributed by atoms with Gasteiger partial charge in [0, 0.05) is 40.9 Å². The molecule has 4 aromatic carbocycles. The van der Waals surface area contributed by atoms with Crippen molar-refractivity contribution >= 4 is 21.8 Å². The average Bonchev–Trinajstić information content (AvgIpc) is 3.69. The van der Waals surface area contributed by atoms with Crippen LogP contribution in [-0.4, -0.2) is 19.3 Å². The molecule has 7 aromatic rings. The lowest BCUT2D eigenvalue weighted by atomic mass is 9.91. The van der Waals surface area contributed by atoms with Gasteiger partial charge in [0.15, 0.2) is 0 Å². The first-order chi connectivity index (χ1) is 22.6. The summed E-state index contributed by atoms with van der Waals surface area (Å²) in [4.78, 5) is 4.72. The first-order valence-electron chi connectivity index (χ1n) is 16.5. The van der Waals surface area contributed by atoms with Gasteiger partial charge in [-0.3, -0.25) is 4.57 Å². The fraction of sp³-hybridized carbons (Fsp3) is 0.220. The molecule has 0 spiro atoms. The first kappa shape index (κ1) is 29.5. The summed E-state index contributed by atoms with van der Waals surface area (Å²) in [5, 5.41) is 7.18. The molecule has 0 saturated carbocycles. The van der Waals surface area contributed by atoms with E-state index in [1.807, 2.05) is 41.3 Å². The lowest BCUT2D eigenvalue weighted by Crippen LogP contribution is -1.98. The summed E-state index contributed by atoms with van der Waals surface area (Å²) in [6, 6.07) is 33.9. The number of ether oxygens (including phenoxy) is 1. The molecule has 0 amide bonds. The van der Waals surface area contributed by atoms with Crippen molar-refractivity contribution < 1.29 is 4.74 Å². The maximum absolute atomic E-state index is 6.50. The zero-order valence-electron chi connectivity index (χ0n) is 26.9. The molecule has 0 N–H and O–H groups in total. The molecule has 3 heterocycles. The molecule has 0 fully saturated rings. The summed E-state index contributed by atoms with van der Waals surface area (Å²) in [6.45, 7) is 6.61. The van der Waals surface area contributed by atoms with Crippen LogP contribution >= 0.6 is 0 Å². The summed E-state index contributed by atoms with van der Waals surface area (Å²) >= 11 is 0. The zero-order valence-corrected chi connectivity index (χ0v) is 26.9. The smallest absolute Gasteiger partial charge is 0.137 e.